The van der Waals surface area contributed by atoms with Gasteiger partial charge >= 0.3 is 12.5 Å². The Bertz CT molecular complexity index is 429. The maximum atomic E-state index is 12.2. The summed E-state index contributed by atoms with van der Waals surface area (Å²) >= 11 is 0. The third-order valence-corrected chi connectivity index (χ3v) is 2.56. The molecular formula is C12H13F6NO. The summed E-state index contributed by atoms with van der Waals surface area (Å²) in [5, 5.41) is 2.64. The van der Waals surface area contributed by atoms with Crippen LogP contribution in [0.5, 0.6) is 5.75 Å². The van der Waals surface area contributed by atoms with Gasteiger partial charge < -0.3 is 10.1 Å². The molecule has 1 rings (SSSR count). The number of nitrogens with one attached hydrogen (secondary N) is 1. The van der Waals surface area contributed by atoms with E-state index in [1.807, 2.05) is 0 Å². The van der Waals surface area contributed by atoms with Gasteiger partial charge in [-0.15, -0.1) is 13.2 Å². The van der Waals surface area contributed by atoms with Crippen molar-refractivity contribution in [3.63, 3.8) is 0 Å². The van der Waals surface area contributed by atoms with E-state index in [4.69, 9.17) is 0 Å². The third kappa shape index (κ3) is 6.14. The predicted octanol–water partition coefficient (Wildman–Crippen LogP) is 4.19. The molecule has 0 fully saturated rings. The molecule has 1 unspecified atom stereocenters. The van der Waals surface area contributed by atoms with Crippen molar-refractivity contribution in [2.75, 3.05) is 7.05 Å². The van der Waals surface area contributed by atoms with Gasteiger partial charge in [0.25, 0.3) is 0 Å². The van der Waals surface area contributed by atoms with Gasteiger partial charge in [0.05, 0.1) is 0 Å². The Labute approximate surface area is 111 Å². The van der Waals surface area contributed by atoms with E-state index < -0.39 is 30.8 Å². The zero-order valence-electron chi connectivity index (χ0n) is 10.5. The number of hydrogen-bond acceptors (Lipinski definition) is 2. The molecule has 0 amide bonds. The van der Waals surface area contributed by atoms with Crippen LogP contribution in [0.3, 0.4) is 0 Å². The van der Waals surface area contributed by atoms with Crippen molar-refractivity contribution in [3.05, 3.63) is 29.8 Å². The summed E-state index contributed by atoms with van der Waals surface area (Å²) in [6.45, 7) is 0. The lowest BCUT2D eigenvalue weighted by Crippen LogP contribution is -2.20. The Hall–Kier alpha value is -1.44. The largest absolute Gasteiger partial charge is 0.573 e. The Morgan fingerprint density at radius 3 is 2.30 bits per heavy atom. The Morgan fingerprint density at radius 2 is 1.80 bits per heavy atom. The molecule has 0 aliphatic carbocycles. The molecule has 0 aromatic heterocycles. The van der Waals surface area contributed by atoms with E-state index in [0.29, 0.717) is 5.56 Å². The maximum Gasteiger partial charge on any atom is 0.573 e. The highest BCUT2D eigenvalue weighted by molar-refractivity contribution is 5.30. The molecule has 0 radical (unpaired) electrons. The quantitative estimate of drug-likeness (QED) is 0.823. The monoisotopic (exact) mass is 301 g/mol. The van der Waals surface area contributed by atoms with E-state index in [0.717, 1.165) is 12.1 Å². The van der Waals surface area contributed by atoms with Crippen molar-refractivity contribution in [1.29, 1.82) is 0 Å². The maximum absolute atomic E-state index is 12.2. The van der Waals surface area contributed by atoms with Crippen molar-refractivity contribution in [2.45, 2.75) is 31.4 Å². The van der Waals surface area contributed by atoms with Crippen LogP contribution in [-0.2, 0) is 0 Å². The molecule has 114 valence electrons. The highest BCUT2D eigenvalue weighted by Crippen LogP contribution is 2.30. The van der Waals surface area contributed by atoms with Gasteiger partial charge in [-0.25, -0.2) is 0 Å². The van der Waals surface area contributed by atoms with Gasteiger partial charge in [-0.3, -0.25) is 0 Å². The summed E-state index contributed by atoms with van der Waals surface area (Å²) in [5.74, 6) is -0.456. The molecule has 0 saturated heterocycles. The SMILES string of the molecule is CNC(CCC(F)(F)F)c1cccc(OC(F)(F)F)c1. The highest BCUT2D eigenvalue weighted by Gasteiger charge is 2.32. The number of hydrogen-bond donors (Lipinski definition) is 1. The molecule has 0 aliphatic heterocycles. The van der Waals surface area contributed by atoms with E-state index in [9.17, 15) is 26.3 Å². The van der Waals surface area contributed by atoms with Crippen LogP contribution < -0.4 is 10.1 Å². The van der Waals surface area contributed by atoms with Crippen molar-refractivity contribution in [3.8, 4) is 5.75 Å². The smallest absolute Gasteiger partial charge is 0.406 e. The van der Waals surface area contributed by atoms with Crippen LogP contribution in [0, 0.1) is 0 Å². The van der Waals surface area contributed by atoms with Crippen molar-refractivity contribution >= 4 is 0 Å². The summed E-state index contributed by atoms with van der Waals surface area (Å²) < 4.78 is 76.5. The second kappa shape index (κ2) is 6.34. The zero-order chi connectivity index (χ0) is 15.4. The summed E-state index contributed by atoms with van der Waals surface area (Å²) in [5.41, 5.74) is 0.304. The normalized spacial score (nSPS) is 14.2. The molecular weight excluding hydrogens is 288 g/mol. The predicted molar refractivity (Wildman–Crippen MR) is 60.2 cm³/mol. The number of alkyl halides is 6. The fraction of sp³-hybridized carbons (Fsp3) is 0.500. The van der Waals surface area contributed by atoms with Crippen LogP contribution in [0.1, 0.15) is 24.4 Å². The first-order valence-corrected chi connectivity index (χ1v) is 5.70. The van der Waals surface area contributed by atoms with Crippen LogP contribution in [0.15, 0.2) is 24.3 Å². The summed E-state index contributed by atoms with van der Waals surface area (Å²) in [7, 11) is 1.44. The standard InChI is InChI=1S/C12H13F6NO/c1-19-10(5-6-11(13,14)15)8-3-2-4-9(7-8)20-12(16,17)18/h2-4,7,10,19H,5-6H2,1H3. The minimum absolute atomic E-state index is 0.268. The molecule has 0 bridgehead atoms. The van der Waals surface area contributed by atoms with E-state index in [-0.39, 0.29) is 6.42 Å². The summed E-state index contributed by atoms with van der Waals surface area (Å²) in [6, 6.07) is 4.21. The zero-order valence-corrected chi connectivity index (χ0v) is 10.5. The fourth-order valence-corrected chi connectivity index (χ4v) is 1.71. The van der Waals surface area contributed by atoms with E-state index in [1.165, 1.54) is 19.2 Å². The lowest BCUT2D eigenvalue weighted by atomic mass is 10.0. The van der Waals surface area contributed by atoms with Gasteiger partial charge in [-0.05, 0) is 31.2 Å². The molecule has 20 heavy (non-hydrogen) atoms. The first-order valence-electron chi connectivity index (χ1n) is 5.70. The molecule has 8 heteroatoms. The Kier molecular flexibility index (Phi) is 5.27. The van der Waals surface area contributed by atoms with Crippen LogP contribution in [-0.4, -0.2) is 19.6 Å². The number of halogens is 6. The van der Waals surface area contributed by atoms with Crippen LogP contribution in [0.2, 0.25) is 0 Å². The van der Waals surface area contributed by atoms with Crippen molar-refractivity contribution < 1.29 is 31.1 Å². The van der Waals surface area contributed by atoms with E-state index >= 15 is 0 Å². The topological polar surface area (TPSA) is 21.3 Å². The Balaban J connectivity index is 2.80. The molecule has 2 nitrogen and oxygen atoms in total. The van der Waals surface area contributed by atoms with E-state index in [1.54, 1.807) is 0 Å². The molecule has 0 heterocycles. The van der Waals surface area contributed by atoms with Gasteiger partial charge in [0.15, 0.2) is 0 Å². The van der Waals surface area contributed by atoms with Crippen LogP contribution in [0.4, 0.5) is 26.3 Å². The van der Waals surface area contributed by atoms with Crippen molar-refractivity contribution in [2.24, 2.45) is 0 Å². The van der Waals surface area contributed by atoms with Crippen LogP contribution >= 0.6 is 0 Å². The lowest BCUT2D eigenvalue weighted by Gasteiger charge is -2.18. The summed E-state index contributed by atoms with van der Waals surface area (Å²) in [6.07, 6.45) is -10.4. The lowest BCUT2D eigenvalue weighted by molar-refractivity contribution is -0.274. The Morgan fingerprint density at radius 1 is 1.15 bits per heavy atom. The van der Waals surface area contributed by atoms with Crippen LogP contribution in [0.25, 0.3) is 0 Å². The first kappa shape index (κ1) is 16.6. The van der Waals surface area contributed by atoms with Gasteiger partial charge in [0.1, 0.15) is 5.75 Å². The molecule has 0 spiro atoms. The second-order valence-electron chi connectivity index (χ2n) is 4.12. The van der Waals surface area contributed by atoms with Gasteiger partial charge in [-0.2, -0.15) is 13.2 Å². The third-order valence-electron chi connectivity index (χ3n) is 2.56. The average Bonchev–Trinajstić information content (AvgIpc) is 2.26. The highest BCUT2D eigenvalue weighted by atomic mass is 19.4. The summed E-state index contributed by atoms with van der Waals surface area (Å²) in [4.78, 5) is 0. The number of benzene rings is 1. The van der Waals surface area contributed by atoms with Gasteiger partial charge in [0.2, 0.25) is 0 Å². The second-order valence-corrected chi connectivity index (χ2v) is 4.12. The fourth-order valence-electron chi connectivity index (χ4n) is 1.71. The molecule has 1 aromatic rings. The van der Waals surface area contributed by atoms with Crippen molar-refractivity contribution in [1.82, 2.24) is 5.32 Å². The van der Waals surface area contributed by atoms with Gasteiger partial charge in [-0.1, -0.05) is 12.1 Å². The number of rotatable bonds is 5. The first-order chi connectivity index (χ1) is 9.11. The molecule has 1 N–H and O–H groups in total. The molecule has 1 aromatic carbocycles. The minimum Gasteiger partial charge on any atom is -0.406 e. The minimum atomic E-state index is -4.83. The molecule has 0 saturated carbocycles. The molecule has 0 aliphatic rings. The molecule has 1 atom stereocenters. The van der Waals surface area contributed by atoms with Gasteiger partial charge in [0, 0.05) is 12.5 Å². The number of ether oxygens (including phenoxy) is 1. The van der Waals surface area contributed by atoms with E-state index in [2.05, 4.69) is 10.1 Å². The average molecular weight is 301 g/mol.